The van der Waals surface area contributed by atoms with Crippen molar-refractivity contribution in [3.63, 3.8) is 0 Å². The first-order valence-corrected chi connectivity index (χ1v) is 10.0. The van der Waals surface area contributed by atoms with E-state index in [0.29, 0.717) is 25.1 Å². The highest BCUT2D eigenvalue weighted by molar-refractivity contribution is 7.89. The van der Waals surface area contributed by atoms with Crippen molar-refractivity contribution >= 4 is 16.1 Å². The van der Waals surface area contributed by atoms with Crippen molar-refractivity contribution in [2.24, 2.45) is 0 Å². The van der Waals surface area contributed by atoms with E-state index >= 15 is 0 Å². The van der Waals surface area contributed by atoms with Crippen LogP contribution >= 0.6 is 0 Å². The van der Waals surface area contributed by atoms with E-state index in [1.807, 2.05) is 6.07 Å². The molecule has 1 atom stereocenters. The number of urea groups is 1. The number of pyridine rings is 1. The molecule has 2 aromatic rings. The molecule has 1 aromatic carbocycles. The van der Waals surface area contributed by atoms with Crippen LogP contribution < -0.4 is 10.0 Å². The Labute approximate surface area is 157 Å². The van der Waals surface area contributed by atoms with Crippen LogP contribution in [0.5, 0.6) is 0 Å². The summed E-state index contributed by atoms with van der Waals surface area (Å²) in [5.74, 6) is -0.459. The third kappa shape index (κ3) is 4.09. The van der Waals surface area contributed by atoms with Gasteiger partial charge in [-0.15, -0.1) is 0 Å². The molecular formula is C18H21FN4O3S. The highest BCUT2D eigenvalue weighted by Gasteiger charge is 2.26. The van der Waals surface area contributed by atoms with Crippen LogP contribution in [0, 0.1) is 5.82 Å². The number of carbonyl (C=O) groups excluding carboxylic acids is 1. The zero-order valence-electron chi connectivity index (χ0n) is 15.1. The largest absolute Gasteiger partial charge is 0.331 e. The van der Waals surface area contributed by atoms with E-state index in [1.54, 1.807) is 24.0 Å². The summed E-state index contributed by atoms with van der Waals surface area (Å²) in [6.07, 6.45) is 3.06. The maximum Gasteiger partial charge on any atom is 0.318 e. The lowest BCUT2D eigenvalue weighted by atomic mass is 10.00. The minimum atomic E-state index is -3.55. The van der Waals surface area contributed by atoms with Crippen LogP contribution in [0.2, 0.25) is 0 Å². The molecule has 0 saturated heterocycles. The molecule has 144 valence electrons. The molecule has 2 heterocycles. The lowest BCUT2D eigenvalue weighted by molar-refractivity contribution is 0.189. The van der Waals surface area contributed by atoms with Gasteiger partial charge in [0.1, 0.15) is 5.82 Å². The number of fused-ring (bicyclic) bond motifs is 1. The number of rotatable bonds is 4. The van der Waals surface area contributed by atoms with E-state index in [4.69, 9.17) is 0 Å². The monoisotopic (exact) mass is 392 g/mol. The summed E-state index contributed by atoms with van der Waals surface area (Å²) in [6.45, 7) is 2.45. The third-order valence-corrected chi connectivity index (χ3v) is 6.13. The predicted octanol–water partition coefficient (Wildman–Crippen LogP) is 1.96. The van der Waals surface area contributed by atoms with Crippen LogP contribution in [0.25, 0.3) is 0 Å². The van der Waals surface area contributed by atoms with Crippen LogP contribution in [0.4, 0.5) is 9.18 Å². The van der Waals surface area contributed by atoms with Gasteiger partial charge in [0.2, 0.25) is 10.0 Å². The second-order valence-corrected chi connectivity index (χ2v) is 8.24. The molecule has 2 N–H and O–H groups in total. The number of nitrogens with zero attached hydrogens (tertiary/aromatic N) is 2. The summed E-state index contributed by atoms with van der Waals surface area (Å²) in [4.78, 5) is 18.2. The molecule has 0 bridgehead atoms. The lowest BCUT2D eigenvalue weighted by Crippen LogP contribution is -2.44. The zero-order chi connectivity index (χ0) is 19.6. The molecule has 1 aliphatic heterocycles. The fourth-order valence-electron chi connectivity index (χ4n) is 3.13. The summed E-state index contributed by atoms with van der Waals surface area (Å²) in [5, 5.41) is 2.83. The first-order valence-electron chi connectivity index (χ1n) is 8.52. The Bertz CT molecular complexity index is 965. The normalized spacial score (nSPS) is 15.1. The molecule has 0 unspecified atom stereocenters. The van der Waals surface area contributed by atoms with Crippen molar-refractivity contribution in [1.29, 1.82) is 0 Å². The molecule has 1 aromatic heterocycles. The van der Waals surface area contributed by atoms with Gasteiger partial charge in [0, 0.05) is 19.3 Å². The quantitative estimate of drug-likeness (QED) is 0.832. The van der Waals surface area contributed by atoms with Crippen LogP contribution in [-0.2, 0) is 23.0 Å². The van der Waals surface area contributed by atoms with Gasteiger partial charge in [-0.25, -0.2) is 22.3 Å². The van der Waals surface area contributed by atoms with E-state index < -0.39 is 21.9 Å². The number of aromatic nitrogens is 1. The van der Waals surface area contributed by atoms with Crippen LogP contribution in [0.15, 0.2) is 41.6 Å². The van der Waals surface area contributed by atoms with Gasteiger partial charge in [-0.3, -0.25) is 4.98 Å². The van der Waals surface area contributed by atoms with Crippen molar-refractivity contribution in [2.45, 2.75) is 30.8 Å². The molecule has 0 spiro atoms. The third-order valence-electron chi connectivity index (χ3n) is 4.63. The molecule has 9 heteroatoms. The molecule has 7 nitrogen and oxygen atoms in total. The number of hydrogen-bond donors (Lipinski definition) is 2. The average molecular weight is 392 g/mol. The van der Waals surface area contributed by atoms with E-state index in [9.17, 15) is 17.6 Å². The predicted molar refractivity (Wildman–Crippen MR) is 97.9 cm³/mol. The number of halogens is 1. The number of carbonyl (C=O) groups is 1. The van der Waals surface area contributed by atoms with Gasteiger partial charge in [-0.2, -0.15) is 0 Å². The number of sulfonamides is 1. The highest BCUT2D eigenvalue weighted by Crippen LogP contribution is 2.26. The average Bonchev–Trinajstić information content (AvgIpc) is 2.66. The maximum atomic E-state index is 13.3. The zero-order valence-corrected chi connectivity index (χ0v) is 15.9. The van der Waals surface area contributed by atoms with Gasteiger partial charge in [0.05, 0.1) is 17.1 Å². The first kappa shape index (κ1) is 19.2. The Hall–Kier alpha value is -2.52. The van der Waals surface area contributed by atoms with Crippen LogP contribution in [0.1, 0.15) is 29.7 Å². The summed E-state index contributed by atoms with van der Waals surface area (Å²) in [6, 6.07) is 5.70. The molecule has 2 amide bonds. The highest BCUT2D eigenvalue weighted by atomic mass is 32.2. The van der Waals surface area contributed by atoms with Gasteiger partial charge < -0.3 is 10.2 Å². The molecule has 0 radical (unpaired) electrons. The maximum absolute atomic E-state index is 13.3. The summed E-state index contributed by atoms with van der Waals surface area (Å²) in [5.41, 5.74) is 2.11. The van der Waals surface area contributed by atoms with Crippen LogP contribution in [-0.4, -0.2) is 37.9 Å². The lowest BCUT2D eigenvalue weighted by Gasteiger charge is -2.31. The Balaban J connectivity index is 1.74. The SMILES string of the molecule is CNS(=O)(=O)c1cccc2c1CCN(C(=O)N[C@@H](C)c1cncc(F)c1)C2. The molecule has 0 aliphatic carbocycles. The van der Waals surface area contributed by atoms with Gasteiger partial charge in [-0.05, 0) is 49.2 Å². The Morgan fingerprint density at radius 1 is 1.33 bits per heavy atom. The second kappa shape index (κ2) is 7.61. The fourth-order valence-corrected chi connectivity index (χ4v) is 4.17. The summed E-state index contributed by atoms with van der Waals surface area (Å²) < 4.78 is 40.0. The number of benzene rings is 1. The fraction of sp³-hybridized carbons (Fsp3) is 0.333. The Morgan fingerprint density at radius 3 is 2.81 bits per heavy atom. The minimum Gasteiger partial charge on any atom is -0.331 e. The smallest absolute Gasteiger partial charge is 0.318 e. The number of amides is 2. The van der Waals surface area contributed by atoms with Crippen molar-refractivity contribution < 1.29 is 17.6 Å². The summed E-state index contributed by atoms with van der Waals surface area (Å²) in [7, 11) is -2.17. The van der Waals surface area contributed by atoms with E-state index in [0.717, 1.165) is 17.3 Å². The molecular weight excluding hydrogens is 371 g/mol. The Kier molecular flexibility index (Phi) is 5.43. The van der Waals surface area contributed by atoms with Crippen molar-refractivity contribution in [3.8, 4) is 0 Å². The van der Waals surface area contributed by atoms with Crippen molar-refractivity contribution in [2.75, 3.05) is 13.6 Å². The Morgan fingerprint density at radius 2 is 2.11 bits per heavy atom. The van der Waals surface area contributed by atoms with Gasteiger partial charge in [-0.1, -0.05) is 12.1 Å². The minimum absolute atomic E-state index is 0.252. The molecule has 1 aliphatic rings. The van der Waals surface area contributed by atoms with Crippen molar-refractivity contribution in [1.82, 2.24) is 19.9 Å². The second-order valence-electron chi connectivity index (χ2n) is 6.38. The number of hydrogen-bond acceptors (Lipinski definition) is 4. The van der Waals surface area contributed by atoms with Gasteiger partial charge >= 0.3 is 6.03 Å². The van der Waals surface area contributed by atoms with E-state index in [2.05, 4.69) is 15.0 Å². The molecule has 0 fully saturated rings. The van der Waals surface area contributed by atoms with Crippen molar-refractivity contribution in [3.05, 3.63) is 59.2 Å². The van der Waals surface area contributed by atoms with Crippen LogP contribution in [0.3, 0.4) is 0 Å². The van der Waals surface area contributed by atoms with Gasteiger partial charge in [0.25, 0.3) is 0 Å². The summed E-state index contributed by atoms with van der Waals surface area (Å²) >= 11 is 0. The molecule has 0 saturated carbocycles. The van der Waals surface area contributed by atoms with E-state index in [1.165, 1.54) is 19.3 Å². The first-order chi connectivity index (χ1) is 12.8. The molecule has 3 rings (SSSR count). The number of nitrogens with one attached hydrogen (secondary N) is 2. The standard InChI is InChI=1S/C18H21FN4O3S/c1-12(14-8-15(19)10-21-9-14)22-18(24)23-7-6-16-13(11-23)4-3-5-17(16)27(25,26)20-2/h3-5,8-10,12,20H,6-7,11H2,1-2H3,(H,22,24)/t12-/m0/s1. The topological polar surface area (TPSA) is 91.4 Å². The van der Waals surface area contributed by atoms with E-state index in [-0.39, 0.29) is 10.9 Å². The van der Waals surface area contributed by atoms with Gasteiger partial charge in [0.15, 0.2) is 0 Å². The molecule has 27 heavy (non-hydrogen) atoms.